The third-order valence-corrected chi connectivity index (χ3v) is 5.23. The molecule has 2 amide bonds. The van der Waals surface area contributed by atoms with E-state index in [-0.39, 0.29) is 18.2 Å². The normalized spacial score (nSPS) is 22.2. The number of nitrogens with zero attached hydrogens (tertiary/aromatic N) is 3. The van der Waals surface area contributed by atoms with Gasteiger partial charge in [0.1, 0.15) is 5.82 Å². The number of aryl methyl sites for hydroxylation is 1. The van der Waals surface area contributed by atoms with Crippen molar-refractivity contribution in [2.45, 2.75) is 25.2 Å². The van der Waals surface area contributed by atoms with Crippen molar-refractivity contribution in [1.82, 2.24) is 14.7 Å². The molecule has 7 heteroatoms. The lowest BCUT2D eigenvalue weighted by molar-refractivity contribution is -0.134. The average molecular weight is 356 g/mol. The molecule has 1 fully saturated rings. The number of carbonyl (C=O) groups is 2. The van der Waals surface area contributed by atoms with Gasteiger partial charge in [0, 0.05) is 38.4 Å². The molecule has 0 aliphatic carbocycles. The van der Waals surface area contributed by atoms with Gasteiger partial charge in [-0.3, -0.25) is 14.3 Å². The van der Waals surface area contributed by atoms with E-state index in [4.69, 9.17) is 0 Å². The number of aromatic nitrogens is 2. The van der Waals surface area contributed by atoms with Crippen molar-refractivity contribution in [3.63, 3.8) is 0 Å². The van der Waals surface area contributed by atoms with Crippen LogP contribution in [-0.2, 0) is 23.1 Å². The van der Waals surface area contributed by atoms with Crippen LogP contribution in [0.4, 0.5) is 10.1 Å². The summed E-state index contributed by atoms with van der Waals surface area (Å²) in [5.74, 6) is -0.839. The van der Waals surface area contributed by atoms with Gasteiger partial charge in [0.05, 0.1) is 12.1 Å². The molecule has 2 unspecified atom stereocenters. The molecule has 0 spiro atoms. The van der Waals surface area contributed by atoms with E-state index in [0.717, 1.165) is 12.8 Å². The Hall–Kier alpha value is -2.70. The number of hydrogen-bond donors (Lipinski definition) is 1. The zero-order valence-electron chi connectivity index (χ0n) is 14.6. The van der Waals surface area contributed by atoms with Gasteiger partial charge in [-0.05, 0) is 42.0 Å². The molecule has 2 aliphatic rings. The van der Waals surface area contributed by atoms with Crippen LogP contribution < -0.4 is 5.32 Å². The summed E-state index contributed by atoms with van der Waals surface area (Å²) in [6, 6.07) is 4.23. The van der Waals surface area contributed by atoms with Crippen LogP contribution in [0, 0.1) is 11.7 Å². The lowest BCUT2D eigenvalue weighted by Crippen LogP contribution is -2.37. The van der Waals surface area contributed by atoms with Crippen LogP contribution in [0.5, 0.6) is 0 Å². The molecule has 1 aromatic heterocycles. The fourth-order valence-corrected chi connectivity index (χ4v) is 3.99. The van der Waals surface area contributed by atoms with Crippen LogP contribution >= 0.6 is 0 Å². The summed E-state index contributed by atoms with van der Waals surface area (Å²) in [7, 11) is 1.89. The van der Waals surface area contributed by atoms with Gasteiger partial charge in [-0.25, -0.2) is 4.39 Å². The second-order valence-corrected chi connectivity index (χ2v) is 7.20. The molecule has 2 atom stereocenters. The fraction of sp³-hybridized carbons (Fsp3) is 0.421. The largest absolute Gasteiger partial charge is 0.342 e. The van der Waals surface area contributed by atoms with Gasteiger partial charge >= 0.3 is 0 Å². The maximum Gasteiger partial charge on any atom is 0.230 e. The number of anilines is 1. The summed E-state index contributed by atoms with van der Waals surface area (Å²) in [5.41, 5.74) is 2.28. The Labute approximate surface area is 151 Å². The Bertz CT molecular complexity index is 863. The van der Waals surface area contributed by atoms with Crippen LogP contribution in [0.25, 0.3) is 0 Å². The van der Waals surface area contributed by atoms with Crippen LogP contribution in [-0.4, -0.2) is 39.6 Å². The Morgan fingerprint density at radius 1 is 1.42 bits per heavy atom. The molecule has 1 aromatic carbocycles. The standard InChI is InChI=1S/C19H21FN4O2/c1-23-10-13(9-21-23)6-12-4-5-24(11-12)19(26)16-8-18(25)22-17-7-14(20)2-3-15(16)17/h2-3,7,9-10,12,16H,4-6,8,11H2,1H3,(H,22,25). The number of rotatable bonds is 3. The van der Waals surface area contributed by atoms with E-state index in [0.29, 0.717) is 30.3 Å². The van der Waals surface area contributed by atoms with Gasteiger partial charge in [0.25, 0.3) is 0 Å². The molecule has 2 aromatic rings. The van der Waals surface area contributed by atoms with E-state index < -0.39 is 11.7 Å². The number of hydrogen-bond acceptors (Lipinski definition) is 3. The van der Waals surface area contributed by atoms with Gasteiger partial charge in [-0.2, -0.15) is 5.10 Å². The van der Waals surface area contributed by atoms with Crippen molar-refractivity contribution in [2.75, 3.05) is 18.4 Å². The Kier molecular flexibility index (Phi) is 4.22. The van der Waals surface area contributed by atoms with E-state index in [1.165, 1.54) is 17.7 Å². The number of carbonyl (C=O) groups excluding carboxylic acids is 2. The van der Waals surface area contributed by atoms with Gasteiger partial charge in [0.15, 0.2) is 0 Å². The minimum Gasteiger partial charge on any atom is -0.342 e. The molecule has 1 N–H and O–H groups in total. The highest BCUT2D eigenvalue weighted by molar-refractivity contribution is 6.01. The van der Waals surface area contributed by atoms with Crippen molar-refractivity contribution >= 4 is 17.5 Å². The highest BCUT2D eigenvalue weighted by Crippen LogP contribution is 2.35. The smallest absolute Gasteiger partial charge is 0.230 e. The van der Waals surface area contributed by atoms with Crippen LogP contribution in [0.1, 0.15) is 29.9 Å². The number of likely N-dealkylation sites (tertiary alicyclic amines) is 1. The third-order valence-electron chi connectivity index (χ3n) is 5.23. The molecule has 1 saturated heterocycles. The maximum atomic E-state index is 13.5. The lowest BCUT2D eigenvalue weighted by Gasteiger charge is -2.28. The summed E-state index contributed by atoms with van der Waals surface area (Å²) in [4.78, 5) is 26.8. The zero-order valence-corrected chi connectivity index (χ0v) is 14.6. The summed E-state index contributed by atoms with van der Waals surface area (Å²) in [5, 5.41) is 6.85. The Morgan fingerprint density at radius 3 is 3.04 bits per heavy atom. The fourth-order valence-electron chi connectivity index (χ4n) is 3.99. The van der Waals surface area contributed by atoms with E-state index >= 15 is 0 Å². The number of benzene rings is 1. The lowest BCUT2D eigenvalue weighted by atomic mass is 9.89. The molecule has 0 bridgehead atoms. The molecule has 3 heterocycles. The Balaban J connectivity index is 1.47. The van der Waals surface area contributed by atoms with E-state index in [1.807, 2.05) is 24.3 Å². The third kappa shape index (κ3) is 3.21. The minimum atomic E-state index is -0.531. The first-order valence-electron chi connectivity index (χ1n) is 8.85. The predicted molar refractivity (Wildman–Crippen MR) is 94.0 cm³/mol. The first-order chi connectivity index (χ1) is 12.5. The van der Waals surface area contributed by atoms with Crippen LogP contribution in [0.2, 0.25) is 0 Å². The van der Waals surface area contributed by atoms with Gasteiger partial charge < -0.3 is 10.2 Å². The SMILES string of the molecule is Cn1cc(CC2CCN(C(=O)C3CC(=O)Nc4cc(F)ccc43)C2)cn1. The van der Waals surface area contributed by atoms with Gasteiger partial charge in [-0.15, -0.1) is 0 Å². The quantitative estimate of drug-likeness (QED) is 0.916. The molecule has 26 heavy (non-hydrogen) atoms. The molecule has 2 aliphatic heterocycles. The van der Waals surface area contributed by atoms with Crippen molar-refractivity contribution in [2.24, 2.45) is 13.0 Å². The summed E-state index contributed by atoms with van der Waals surface area (Å²) >= 11 is 0. The van der Waals surface area contributed by atoms with Crippen molar-refractivity contribution in [3.8, 4) is 0 Å². The first kappa shape index (κ1) is 16.8. The average Bonchev–Trinajstić information content (AvgIpc) is 3.22. The van der Waals surface area contributed by atoms with Crippen LogP contribution in [0.15, 0.2) is 30.6 Å². The summed E-state index contributed by atoms with van der Waals surface area (Å²) < 4.78 is 15.2. The predicted octanol–water partition coefficient (Wildman–Crippen LogP) is 2.08. The van der Waals surface area contributed by atoms with Gasteiger partial charge in [-0.1, -0.05) is 6.07 Å². The minimum absolute atomic E-state index is 0.0404. The number of fused-ring (bicyclic) bond motifs is 1. The van der Waals surface area contributed by atoms with Crippen molar-refractivity contribution in [1.29, 1.82) is 0 Å². The number of nitrogens with one attached hydrogen (secondary N) is 1. The van der Waals surface area contributed by atoms with E-state index in [9.17, 15) is 14.0 Å². The second-order valence-electron chi connectivity index (χ2n) is 7.20. The molecule has 0 saturated carbocycles. The molecule has 136 valence electrons. The Morgan fingerprint density at radius 2 is 2.27 bits per heavy atom. The second kappa shape index (κ2) is 6.55. The number of amides is 2. The molecular weight excluding hydrogens is 335 g/mol. The highest BCUT2D eigenvalue weighted by atomic mass is 19.1. The summed E-state index contributed by atoms with van der Waals surface area (Å²) in [6.45, 7) is 1.38. The topological polar surface area (TPSA) is 67.2 Å². The van der Waals surface area contributed by atoms with Crippen molar-refractivity contribution < 1.29 is 14.0 Å². The van der Waals surface area contributed by atoms with Crippen molar-refractivity contribution in [3.05, 3.63) is 47.5 Å². The monoisotopic (exact) mass is 356 g/mol. The molecule has 4 rings (SSSR count). The van der Waals surface area contributed by atoms with E-state index in [1.54, 1.807) is 10.7 Å². The molecule has 0 radical (unpaired) electrons. The van der Waals surface area contributed by atoms with Gasteiger partial charge in [0.2, 0.25) is 11.8 Å². The first-order valence-corrected chi connectivity index (χ1v) is 8.85. The molecule has 6 nitrogen and oxygen atoms in total. The van der Waals surface area contributed by atoms with E-state index in [2.05, 4.69) is 10.4 Å². The summed E-state index contributed by atoms with van der Waals surface area (Å²) in [6.07, 6.45) is 5.81. The zero-order chi connectivity index (χ0) is 18.3. The maximum absolute atomic E-state index is 13.5. The molecular formula is C19H21FN4O2. The van der Waals surface area contributed by atoms with Crippen LogP contribution in [0.3, 0.4) is 0 Å². The number of halogens is 1. The highest BCUT2D eigenvalue weighted by Gasteiger charge is 2.36.